The van der Waals surface area contributed by atoms with Crippen molar-refractivity contribution >= 4 is 17.4 Å². The van der Waals surface area contributed by atoms with Crippen molar-refractivity contribution in [3.63, 3.8) is 0 Å². The zero-order chi connectivity index (χ0) is 15.0. The van der Waals surface area contributed by atoms with Crippen LogP contribution in [0.2, 0.25) is 5.02 Å². The topological polar surface area (TPSA) is 37.4 Å². The van der Waals surface area contributed by atoms with Crippen molar-refractivity contribution in [1.82, 2.24) is 9.88 Å². The van der Waals surface area contributed by atoms with E-state index in [0.717, 1.165) is 49.2 Å². The number of hydrogen-bond donors (Lipinski definition) is 1. The molecular weight excluding hydrogens is 274 g/mol. The molecule has 5 heteroatoms. The van der Waals surface area contributed by atoms with Crippen molar-refractivity contribution in [3.8, 4) is 0 Å². The van der Waals surface area contributed by atoms with Gasteiger partial charge in [0.2, 0.25) is 0 Å². The van der Waals surface area contributed by atoms with Gasteiger partial charge in [-0.2, -0.15) is 0 Å². The van der Waals surface area contributed by atoms with Crippen LogP contribution in [0.25, 0.3) is 0 Å². The van der Waals surface area contributed by atoms with Gasteiger partial charge in [-0.3, -0.25) is 4.90 Å². The van der Waals surface area contributed by atoms with Crippen LogP contribution in [0.1, 0.15) is 32.9 Å². The Morgan fingerprint density at radius 2 is 2.15 bits per heavy atom. The predicted molar refractivity (Wildman–Crippen MR) is 85.4 cm³/mol. The lowest BCUT2D eigenvalue weighted by molar-refractivity contribution is 0.117. The van der Waals surface area contributed by atoms with Gasteiger partial charge in [0.05, 0.1) is 17.3 Å². The number of anilines is 1. The normalized spacial score (nSPS) is 12.7. The second-order valence-electron chi connectivity index (χ2n) is 4.88. The Labute approximate surface area is 127 Å². The van der Waals surface area contributed by atoms with Gasteiger partial charge in [-0.1, -0.05) is 18.5 Å². The predicted octanol–water partition coefficient (Wildman–Crippen LogP) is 3.41. The van der Waals surface area contributed by atoms with Gasteiger partial charge in [0.1, 0.15) is 5.82 Å². The third-order valence-electron chi connectivity index (χ3n) is 3.43. The molecule has 0 aliphatic carbocycles. The van der Waals surface area contributed by atoms with Crippen molar-refractivity contribution in [2.45, 2.75) is 39.8 Å². The Kier molecular flexibility index (Phi) is 7.88. The molecular formula is C15H26ClN3O. The average molecular weight is 300 g/mol. The largest absolute Gasteiger partial charge is 0.383 e. The van der Waals surface area contributed by atoms with Crippen molar-refractivity contribution in [1.29, 1.82) is 0 Å². The zero-order valence-electron chi connectivity index (χ0n) is 12.9. The highest BCUT2D eigenvalue weighted by atomic mass is 35.5. The lowest BCUT2D eigenvalue weighted by Crippen LogP contribution is -2.35. The summed E-state index contributed by atoms with van der Waals surface area (Å²) in [5.74, 6) is 0.878. The molecule has 1 heterocycles. The fourth-order valence-electron chi connectivity index (χ4n) is 1.99. The molecule has 1 aromatic heterocycles. The second-order valence-corrected chi connectivity index (χ2v) is 5.28. The van der Waals surface area contributed by atoms with Gasteiger partial charge in [-0.25, -0.2) is 4.98 Å². The van der Waals surface area contributed by atoms with Crippen LogP contribution in [-0.2, 0) is 11.3 Å². The van der Waals surface area contributed by atoms with Crippen molar-refractivity contribution < 1.29 is 4.74 Å². The molecule has 1 rings (SSSR count). The third kappa shape index (κ3) is 5.27. The zero-order valence-corrected chi connectivity index (χ0v) is 13.7. The maximum atomic E-state index is 6.27. The molecule has 20 heavy (non-hydrogen) atoms. The summed E-state index contributed by atoms with van der Waals surface area (Å²) in [7, 11) is 1.73. The highest BCUT2D eigenvalue weighted by Crippen LogP contribution is 2.20. The standard InChI is InChI=1S/C15H26ClN3O/c1-5-12(3)19(9-10-20-4)11-14-13(16)7-8-15(18-14)17-6-2/h7-8,12H,5-6,9-11H2,1-4H3,(H,17,18). The maximum absolute atomic E-state index is 6.27. The highest BCUT2D eigenvalue weighted by molar-refractivity contribution is 6.31. The molecule has 0 amide bonds. The van der Waals surface area contributed by atoms with E-state index in [0.29, 0.717) is 6.04 Å². The van der Waals surface area contributed by atoms with E-state index in [4.69, 9.17) is 16.3 Å². The fourth-order valence-corrected chi connectivity index (χ4v) is 2.15. The molecule has 0 radical (unpaired) electrons. The van der Waals surface area contributed by atoms with Gasteiger partial charge in [0.15, 0.2) is 0 Å². The van der Waals surface area contributed by atoms with E-state index in [1.54, 1.807) is 7.11 Å². The third-order valence-corrected chi connectivity index (χ3v) is 3.77. The number of hydrogen-bond acceptors (Lipinski definition) is 4. The van der Waals surface area contributed by atoms with Crippen LogP contribution in [0.4, 0.5) is 5.82 Å². The monoisotopic (exact) mass is 299 g/mol. The van der Waals surface area contributed by atoms with Gasteiger partial charge in [-0.05, 0) is 32.4 Å². The molecule has 0 bridgehead atoms. The second kappa shape index (κ2) is 9.16. The first-order valence-electron chi connectivity index (χ1n) is 7.24. The summed E-state index contributed by atoms with van der Waals surface area (Å²) in [6.07, 6.45) is 1.09. The number of pyridine rings is 1. The molecule has 0 saturated carbocycles. The summed E-state index contributed by atoms with van der Waals surface area (Å²) in [5, 5.41) is 3.94. The van der Waals surface area contributed by atoms with Gasteiger partial charge in [0, 0.05) is 32.8 Å². The van der Waals surface area contributed by atoms with Gasteiger partial charge >= 0.3 is 0 Å². The smallest absolute Gasteiger partial charge is 0.126 e. The van der Waals surface area contributed by atoms with E-state index < -0.39 is 0 Å². The number of rotatable bonds is 9. The lowest BCUT2D eigenvalue weighted by atomic mass is 10.2. The average Bonchev–Trinajstić information content (AvgIpc) is 2.46. The first-order valence-corrected chi connectivity index (χ1v) is 7.62. The number of ether oxygens (including phenoxy) is 1. The van der Waals surface area contributed by atoms with E-state index in [1.807, 2.05) is 12.1 Å². The molecule has 1 unspecified atom stereocenters. The van der Waals surface area contributed by atoms with Crippen LogP contribution in [-0.4, -0.2) is 42.7 Å². The SMILES string of the molecule is CCNc1ccc(Cl)c(CN(CCOC)C(C)CC)n1. The maximum Gasteiger partial charge on any atom is 0.126 e. The van der Waals surface area contributed by atoms with E-state index in [9.17, 15) is 0 Å². The van der Waals surface area contributed by atoms with E-state index in [2.05, 4.69) is 36.0 Å². The molecule has 0 aliphatic heterocycles. The minimum absolute atomic E-state index is 0.478. The molecule has 0 saturated heterocycles. The van der Waals surface area contributed by atoms with Crippen LogP contribution in [0.5, 0.6) is 0 Å². The molecule has 0 fully saturated rings. The molecule has 1 atom stereocenters. The Morgan fingerprint density at radius 3 is 2.75 bits per heavy atom. The number of methoxy groups -OCH3 is 1. The molecule has 0 spiro atoms. The van der Waals surface area contributed by atoms with E-state index >= 15 is 0 Å². The summed E-state index contributed by atoms with van der Waals surface area (Å²) < 4.78 is 5.19. The molecule has 4 nitrogen and oxygen atoms in total. The molecule has 114 valence electrons. The molecule has 0 aromatic carbocycles. The molecule has 1 N–H and O–H groups in total. The van der Waals surface area contributed by atoms with E-state index in [1.165, 1.54) is 0 Å². The summed E-state index contributed by atoms with van der Waals surface area (Å²) in [4.78, 5) is 6.96. The van der Waals surface area contributed by atoms with Crippen molar-refractivity contribution in [2.24, 2.45) is 0 Å². The summed E-state index contributed by atoms with van der Waals surface area (Å²) in [6.45, 7) is 9.67. The van der Waals surface area contributed by atoms with Crippen LogP contribution >= 0.6 is 11.6 Å². The first kappa shape index (κ1) is 17.2. The minimum atomic E-state index is 0.478. The quantitative estimate of drug-likeness (QED) is 0.758. The van der Waals surface area contributed by atoms with E-state index in [-0.39, 0.29) is 0 Å². The van der Waals surface area contributed by atoms with Crippen LogP contribution in [0, 0.1) is 0 Å². The number of nitrogens with zero attached hydrogens (tertiary/aromatic N) is 2. The van der Waals surface area contributed by atoms with Crippen molar-refractivity contribution in [2.75, 3.05) is 32.1 Å². The Morgan fingerprint density at radius 1 is 1.40 bits per heavy atom. The van der Waals surface area contributed by atoms with Crippen molar-refractivity contribution in [3.05, 3.63) is 22.8 Å². The van der Waals surface area contributed by atoms with Crippen LogP contribution in [0.15, 0.2) is 12.1 Å². The number of nitrogens with one attached hydrogen (secondary N) is 1. The summed E-state index contributed by atoms with van der Waals surface area (Å²) in [6, 6.07) is 4.30. The lowest BCUT2D eigenvalue weighted by Gasteiger charge is -2.28. The van der Waals surface area contributed by atoms with Crippen LogP contribution in [0.3, 0.4) is 0 Å². The fraction of sp³-hybridized carbons (Fsp3) is 0.667. The van der Waals surface area contributed by atoms with Gasteiger partial charge in [0.25, 0.3) is 0 Å². The summed E-state index contributed by atoms with van der Waals surface area (Å²) in [5.41, 5.74) is 0.918. The van der Waals surface area contributed by atoms with Gasteiger partial charge < -0.3 is 10.1 Å². The first-order chi connectivity index (χ1) is 9.62. The summed E-state index contributed by atoms with van der Waals surface area (Å²) >= 11 is 6.27. The highest BCUT2D eigenvalue weighted by Gasteiger charge is 2.15. The Hall–Kier alpha value is -0.840. The number of halogens is 1. The van der Waals surface area contributed by atoms with Gasteiger partial charge in [-0.15, -0.1) is 0 Å². The van der Waals surface area contributed by atoms with Crippen LogP contribution < -0.4 is 5.32 Å². The Bertz CT molecular complexity index is 401. The number of aromatic nitrogens is 1. The Balaban J connectivity index is 2.82. The minimum Gasteiger partial charge on any atom is -0.383 e. The molecule has 0 aliphatic rings. The molecule has 1 aromatic rings.